The van der Waals surface area contributed by atoms with Crippen LogP contribution in [0.15, 0.2) is 18.3 Å². The van der Waals surface area contributed by atoms with Gasteiger partial charge in [-0.25, -0.2) is 0 Å². The Hall–Kier alpha value is -2.15. The van der Waals surface area contributed by atoms with Crippen molar-refractivity contribution >= 4 is 17.5 Å². The second-order valence-corrected chi connectivity index (χ2v) is 3.82. The van der Waals surface area contributed by atoms with Crippen LogP contribution in [-0.2, 0) is 9.53 Å². The van der Waals surface area contributed by atoms with E-state index in [1.54, 1.807) is 13.2 Å². The topological polar surface area (TPSA) is 106 Å². The summed E-state index contributed by atoms with van der Waals surface area (Å²) < 4.78 is 4.80. The highest BCUT2D eigenvalue weighted by atomic mass is 16.5. The van der Waals surface area contributed by atoms with Crippen LogP contribution in [0.5, 0.6) is 0 Å². The fourth-order valence-electron chi connectivity index (χ4n) is 1.33. The quantitative estimate of drug-likeness (QED) is 0.579. The average molecular weight is 266 g/mol. The van der Waals surface area contributed by atoms with E-state index in [2.05, 4.69) is 15.6 Å². The van der Waals surface area contributed by atoms with Crippen LogP contribution < -0.4 is 16.4 Å². The Bertz CT molecular complexity index is 437. The molecule has 0 saturated heterocycles. The van der Waals surface area contributed by atoms with E-state index in [-0.39, 0.29) is 30.5 Å². The van der Waals surface area contributed by atoms with Crippen LogP contribution in [0.2, 0.25) is 0 Å². The molecule has 1 heterocycles. The first-order chi connectivity index (χ1) is 9.13. The number of hydrogen-bond donors (Lipinski definition) is 3. The zero-order chi connectivity index (χ0) is 14.1. The number of ether oxygens (including phenoxy) is 1. The third-order valence-corrected chi connectivity index (χ3v) is 2.28. The van der Waals surface area contributed by atoms with Crippen LogP contribution in [0.1, 0.15) is 16.9 Å². The number of nitrogens with two attached hydrogens (primary N) is 1. The Kier molecular flexibility index (Phi) is 6.31. The van der Waals surface area contributed by atoms with Gasteiger partial charge in [0.2, 0.25) is 5.91 Å². The number of nitrogens with one attached hydrogen (secondary N) is 2. The Balaban J connectivity index is 2.25. The van der Waals surface area contributed by atoms with Gasteiger partial charge in [0.1, 0.15) is 5.69 Å². The van der Waals surface area contributed by atoms with Crippen LogP contribution in [-0.4, -0.2) is 43.6 Å². The lowest BCUT2D eigenvalue weighted by atomic mass is 10.3. The minimum Gasteiger partial charge on any atom is -0.399 e. The van der Waals surface area contributed by atoms with Gasteiger partial charge in [-0.1, -0.05) is 0 Å². The molecule has 0 aliphatic carbocycles. The van der Waals surface area contributed by atoms with Crippen molar-refractivity contribution in [2.45, 2.75) is 6.42 Å². The van der Waals surface area contributed by atoms with Gasteiger partial charge in [-0.15, -0.1) is 0 Å². The predicted octanol–water partition coefficient (Wildman–Crippen LogP) is -0.454. The molecule has 0 aromatic carbocycles. The molecule has 1 aromatic heterocycles. The van der Waals surface area contributed by atoms with Gasteiger partial charge in [-0.05, 0) is 12.1 Å². The molecule has 4 N–H and O–H groups in total. The highest BCUT2D eigenvalue weighted by Gasteiger charge is 2.07. The molecular formula is C12H18N4O3. The number of nitrogen functional groups attached to an aromatic ring is 1. The number of carbonyl (C=O) groups is 2. The van der Waals surface area contributed by atoms with Gasteiger partial charge < -0.3 is 21.1 Å². The maximum Gasteiger partial charge on any atom is 0.269 e. The van der Waals surface area contributed by atoms with Crippen LogP contribution in [0.4, 0.5) is 5.69 Å². The highest BCUT2D eigenvalue weighted by Crippen LogP contribution is 2.02. The fraction of sp³-hybridized carbons (Fsp3) is 0.417. The average Bonchev–Trinajstić information content (AvgIpc) is 2.39. The number of pyridine rings is 1. The molecule has 0 unspecified atom stereocenters. The summed E-state index contributed by atoms with van der Waals surface area (Å²) in [7, 11) is 1.56. The molecule has 104 valence electrons. The van der Waals surface area contributed by atoms with E-state index in [1.165, 1.54) is 12.3 Å². The van der Waals surface area contributed by atoms with E-state index >= 15 is 0 Å². The molecule has 0 fully saturated rings. The molecule has 0 saturated carbocycles. The summed E-state index contributed by atoms with van der Waals surface area (Å²) in [6.07, 6.45) is 1.67. The van der Waals surface area contributed by atoms with Crippen LogP contribution in [0.3, 0.4) is 0 Å². The molecule has 0 bridgehead atoms. The third-order valence-electron chi connectivity index (χ3n) is 2.28. The Morgan fingerprint density at radius 3 is 2.84 bits per heavy atom. The molecule has 19 heavy (non-hydrogen) atoms. The molecule has 1 rings (SSSR count). The standard InChI is InChI=1S/C12H18N4O3/c1-19-7-6-15-11(17)3-5-16-12(18)10-8-9(13)2-4-14-10/h2,4,8H,3,5-7H2,1H3,(H2,13,14)(H,15,17)(H,16,18). The third kappa shape index (κ3) is 5.82. The normalized spacial score (nSPS) is 9.95. The van der Waals surface area contributed by atoms with E-state index in [4.69, 9.17) is 10.5 Å². The lowest BCUT2D eigenvalue weighted by Gasteiger charge is -2.06. The number of methoxy groups -OCH3 is 1. The summed E-state index contributed by atoms with van der Waals surface area (Å²) in [5, 5.41) is 5.25. The van der Waals surface area contributed by atoms with Crippen LogP contribution in [0.25, 0.3) is 0 Å². The predicted molar refractivity (Wildman–Crippen MR) is 70.5 cm³/mol. The smallest absolute Gasteiger partial charge is 0.269 e. The highest BCUT2D eigenvalue weighted by molar-refractivity contribution is 5.93. The maximum absolute atomic E-state index is 11.7. The van der Waals surface area contributed by atoms with Crippen molar-refractivity contribution < 1.29 is 14.3 Å². The van der Waals surface area contributed by atoms with Crippen molar-refractivity contribution in [3.8, 4) is 0 Å². The Labute approximate surface area is 111 Å². The number of nitrogens with zero attached hydrogens (tertiary/aromatic N) is 1. The van der Waals surface area contributed by atoms with Gasteiger partial charge in [-0.3, -0.25) is 14.6 Å². The summed E-state index contributed by atoms with van der Waals surface area (Å²) >= 11 is 0. The first kappa shape index (κ1) is 14.9. The number of carbonyl (C=O) groups excluding carboxylic acids is 2. The Morgan fingerprint density at radius 2 is 2.16 bits per heavy atom. The van der Waals surface area contributed by atoms with Gasteiger partial charge in [0.25, 0.3) is 5.91 Å². The first-order valence-corrected chi connectivity index (χ1v) is 5.89. The minimum absolute atomic E-state index is 0.141. The molecular weight excluding hydrogens is 248 g/mol. The fourth-order valence-corrected chi connectivity index (χ4v) is 1.33. The van der Waals surface area contributed by atoms with E-state index < -0.39 is 0 Å². The molecule has 7 heteroatoms. The van der Waals surface area contributed by atoms with Crippen molar-refractivity contribution in [1.82, 2.24) is 15.6 Å². The molecule has 0 aliphatic rings. The first-order valence-electron chi connectivity index (χ1n) is 5.89. The van der Waals surface area contributed by atoms with Gasteiger partial charge in [0.15, 0.2) is 0 Å². The van der Waals surface area contributed by atoms with Crippen molar-refractivity contribution in [1.29, 1.82) is 0 Å². The Morgan fingerprint density at radius 1 is 1.37 bits per heavy atom. The molecule has 0 radical (unpaired) electrons. The second-order valence-electron chi connectivity index (χ2n) is 3.82. The van der Waals surface area contributed by atoms with Crippen LogP contribution >= 0.6 is 0 Å². The molecule has 2 amide bonds. The van der Waals surface area contributed by atoms with Crippen molar-refractivity contribution in [2.75, 3.05) is 32.5 Å². The molecule has 1 aromatic rings. The lowest BCUT2D eigenvalue weighted by Crippen LogP contribution is -2.32. The molecule has 0 aliphatic heterocycles. The summed E-state index contributed by atoms with van der Waals surface area (Å²) in [6, 6.07) is 3.08. The van der Waals surface area contributed by atoms with Gasteiger partial charge in [0.05, 0.1) is 6.61 Å². The van der Waals surface area contributed by atoms with Gasteiger partial charge >= 0.3 is 0 Å². The van der Waals surface area contributed by atoms with E-state index in [0.717, 1.165) is 0 Å². The SMILES string of the molecule is COCCNC(=O)CCNC(=O)c1cc(N)ccn1. The van der Waals surface area contributed by atoms with Crippen molar-refractivity contribution in [2.24, 2.45) is 0 Å². The summed E-state index contributed by atoms with van der Waals surface area (Å²) in [5.41, 5.74) is 6.25. The van der Waals surface area contributed by atoms with E-state index in [9.17, 15) is 9.59 Å². The van der Waals surface area contributed by atoms with E-state index in [1.807, 2.05) is 0 Å². The van der Waals surface area contributed by atoms with Crippen LogP contribution in [0, 0.1) is 0 Å². The minimum atomic E-state index is -0.350. The number of rotatable bonds is 7. The molecule has 0 spiro atoms. The maximum atomic E-state index is 11.7. The summed E-state index contributed by atoms with van der Waals surface area (Å²) in [6.45, 7) is 1.17. The zero-order valence-corrected chi connectivity index (χ0v) is 10.8. The van der Waals surface area contributed by atoms with Gasteiger partial charge in [-0.2, -0.15) is 0 Å². The lowest BCUT2D eigenvalue weighted by molar-refractivity contribution is -0.121. The number of aromatic nitrogens is 1. The molecule has 7 nitrogen and oxygen atoms in total. The zero-order valence-electron chi connectivity index (χ0n) is 10.8. The largest absolute Gasteiger partial charge is 0.399 e. The monoisotopic (exact) mass is 266 g/mol. The summed E-state index contributed by atoms with van der Waals surface area (Å²) in [4.78, 5) is 26.9. The number of hydrogen-bond acceptors (Lipinski definition) is 5. The van der Waals surface area contributed by atoms with Crippen molar-refractivity contribution in [3.63, 3.8) is 0 Å². The molecule has 0 atom stereocenters. The van der Waals surface area contributed by atoms with Crippen molar-refractivity contribution in [3.05, 3.63) is 24.0 Å². The summed E-state index contributed by atoms with van der Waals surface area (Å²) in [5.74, 6) is -0.491. The number of anilines is 1. The number of amides is 2. The van der Waals surface area contributed by atoms with Gasteiger partial charge in [0, 0.05) is 38.5 Å². The second kappa shape index (κ2) is 8.04. The van der Waals surface area contributed by atoms with E-state index in [0.29, 0.717) is 18.8 Å².